The molecular weight excluding hydrogens is 379 g/mol. The summed E-state index contributed by atoms with van der Waals surface area (Å²) in [5, 5.41) is 9.84. The largest absolute Gasteiger partial charge is 0.342 e. The molecule has 3 heterocycles. The fourth-order valence-corrected chi connectivity index (χ4v) is 5.37. The van der Waals surface area contributed by atoms with E-state index in [1.165, 1.54) is 37.4 Å². The maximum absolute atomic E-state index is 12.6. The average Bonchev–Trinajstić information content (AvgIpc) is 3.02. The predicted octanol–water partition coefficient (Wildman–Crippen LogP) is 4.17. The maximum atomic E-state index is 12.6. The third kappa shape index (κ3) is 3.62. The number of halogens is 2. The normalized spacial score (nSPS) is 23.7. The molecule has 2 atom stereocenters. The Morgan fingerprint density at radius 3 is 2.84 bits per heavy atom. The van der Waals surface area contributed by atoms with Crippen molar-refractivity contribution in [3.05, 3.63) is 22.3 Å². The monoisotopic (exact) mass is 398 g/mol. The molecule has 1 saturated heterocycles. The van der Waals surface area contributed by atoms with Crippen molar-refractivity contribution in [2.45, 2.75) is 37.3 Å². The van der Waals surface area contributed by atoms with Gasteiger partial charge in [0.25, 0.3) is 0 Å². The van der Waals surface area contributed by atoms with E-state index in [9.17, 15) is 4.79 Å². The molecule has 2 fully saturated rings. The fraction of sp³-hybridized carbons (Fsp3) is 0.588. The first-order valence-electron chi connectivity index (χ1n) is 8.72. The van der Waals surface area contributed by atoms with E-state index >= 15 is 0 Å². The van der Waals surface area contributed by atoms with E-state index in [2.05, 4.69) is 10.2 Å². The number of likely N-dealkylation sites (tertiary alicyclic amines) is 1. The van der Waals surface area contributed by atoms with Crippen molar-refractivity contribution in [1.82, 2.24) is 19.5 Å². The zero-order valence-electron chi connectivity index (χ0n) is 13.8. The van der Waals surface area contributed by atoms with Gasteiger partial charge in [-0.05, 0) is 30.7 Å². The van der Waals surface area contributed by atoms with Gasteiger partial charge < -0.3 is 4.90 Å². The van der Waals surface area contributed by atoms with Crippen molar-refractivity contribution < 1.29 is 4.79 Å². The van der Waals surface area contributed by atoms with Crippen LogP contribution in [0.5, 0.6) is 0 Å². The molecule has 1 saturated carbocycles. The second kappa shape index (κ2) is 7.33. The minimum Gasteiger partial charge on any atom is -0.342 e. The molecule has 0 spiro atoms. The third-order valence-corrected chi connectivity index (χ3v) is 6.78. The molecule has 2 aliphatic rings. The molecule has 134 valence electrons. The number of amides is 1. The van der Waals surface area contributed by atoms with Crippen LogP contribution in [0, 0.1) is 11.8 Å². The van der Waals surface area contributed by atoms with Gasteiger partial charge in [-0.2, -0.15) is 0 Å². The van der Waals surface area contributed by atoms with E-state index < -0.39 is 0 Å². The van der Waals surface area contributed by atoms with Crippen LogP contribution in [-0.2, 0) is 4.79 Å². The van der Waals surface area contributed by atoms with Crippen LogP contribution in [0.4, 0.5) is 0 Å². The van der Waals surface area contributed by atoms with Crippen LogP contribution in [-0.4, -0.2) is 44.2 Å². The topological polar surface area (TPSA) is 50.5 Å². The molecule has 1 aliphatic heterocycles. The number of piperidine rings is 1. The Hall–Kier alpha value is -0.980. The molecule has 8 heteroatoms. The summed E-state index contributed by atoms with van der Waals surface area (Å²) in [5.74, 6) is 2.07. The van der Waals surface area contributed by atoms with Crippen molar-refractivity contribution >= 4 is 46.5 Å². The van der Waals surface area contributed by atoms with Gasteiger partial charge in [0.15, 0.2) is 10.8 Å². The van der Waals surface area contributed by atoms with Crippen LogP contribution < -0.4 is 0 Å². The summed E-state index contributed by atoms with van der Waals surface area (Å²) < 4.78 is 1.75. The second-order valence-corrected chi connectivity index (χ2v) is 8.69. The lowest BCUT2D eigenvalue weighted by Gasteiger charge is -2.41. The van der Waals surface area contributed by atoms with Gasteiger partial charge in [-0.3, -0.25) is 9.20 Å². The highest BCUT2D eigenvalue weighted by molar-refractivity contribution is 7.99. The molecule has 0 N–H and O–H groups in total. The van der Waals surface area contributed by atoms with Gasteiger partial charge in [0, 0.05) is 19.3 Å². The molecule has 25 heavy (non-hydrogen) atoms. The number of carbonyl (C=O) groups is 1. The van der Waals surface area contributed by atoms with Gasteiger partial charge in [0.2, 0.25) is 5.91 Å². The number of pyridine rings is 1. The molecule has 5 nitrogen and oxygen atoms in total. The van der Waals surface area contributed by atoms with Crippen LogP contribution >= 0.6 is 35.0 Å². The number of carbonyl (C=O) groups excluding carboxylic acids is 1. The Morgan fingerprint density at radius 2 is 2.00 bits per heavy atom. The van der Waals surface area contributed by atoms with E-state index in [0.29, 0.717) is 32.5 Å². The number of fused-ring (bicyclic) bond motifs is 2. The summed E-state index contributed by atoms with van der Waals surface area (Å²) in [6.07, 6.45) is 8.16. The van der Waals surface area contributed by atoms with Gasteiger partial charge in [-0.25, -0.2) is 0 Å². The quantitative estimate of drug-likeness (QED) is 0.727. The van der Waals surface area contributed by atoms with E-state index in [0.717, 1.165) is 25.4 Å². The molecule has 0 aromatic carbocycles. The van der Waals surface area contributed by atoms with E-state index in [-0.39, 0.29) is 5.91 Å². The first-order valence-corrected chi connectivity index (χ1v) is 10.5. The Balaban J connectivity index is 1.41. The number of hydrogen-bond donors (Lipinski definition) is 0. The summed E-state index contributed by atoms with van der Waals surface area (Å²) in [4.78, 5) is 14.7. The molecule has 2 aromatic heterocycles. The number of aromatic nitrogens is 3. The van der Waals surface area contributed by atoms with Crippen molar-refractivity contribution in [3.8, 4) is 0 Å². The number of rotatable bonds is 3. The predicted molar refractivity (Wildman–Crippen MR) is 100 cm³/mol. The van der Waals surface area contributed by atoms with Gasteiger partial charge >= 0.3 is 0 Å². The second-order valence-electron chi connectivity index (χ2n) is 6.90. The van der Waals surface area contributed by atoms with Crippen molar-refractivity contribution in [2.75, 3.05) is 18.8 Å². The first-order chi connectivity index (χ1) is 12.1. The van der Waals surface area contributed by atoms with Crippen LogP contribution in [0.25, 0.3) is 5.65 Å². The lowest BCUT2D eigenvalue weighted by molar-refractivity contribution is -0.131. The number of hydrogen-bond acceptors (Lipinski definition) is 4. The first kappa shape index (κ1) is 17.4. The van der Waals surface area contributed by atoms with Crippen LogP contribution in [0.2, 0.25) is 10.0 Å². The van der Waals surface area contributed by atoms with Gasteiger partial charge in [-0.15, -0.1) is 10.2 Å². The molecule has 0 bridgehead atoms. The highest BCUT2D eigenvalue weighted by atomic mass is 35.5. The van der Waals surface area contributed by atoms with Crippen LogP contribution in [0.15, 0.2) is 17.4 Å². The minimum absolute atomic E-state index is 0.180. The van der Waals surface area contributed by atoms with Gasteiger partial charge in [-0.1, -0.05) is 54.2 Å². The molecular formula is C17H20Cl2N4OS. The van der Waals surface area contributed by atoms with Gasteiger partial charge in [0.1, 0.15) is 0 Å². The average molecular weight is 399 g/mol. The molecule has 2 aromatic rings. The summed E-state index contributed by atoms with van der Waals surface area (Å²) in [5.41, 5.74) is 0.559. The zero-order chi connectivity index (χ0) is 17.4. The molecule has 0 radical (unpaired) electrons. The Bertz CT molecular complexity index is 796. The summed E-state index contributed by atoms with van der Waals surface area (Å²) in [6.45, 7) is 1.81. The Morgan fingerprint density at radius 1 is 1.20 bits per heavy atom. The third-order valence-electron chi connectivity index (χ3n) is 5.36. The maximum Gasteiger partial charge on any atom is 0.233 e. The zero-order valence-corrected chi connectivity index (χ0v) is 16.2. The molecule has 1 aliphatic carbocycles. The number of nitrogens with zero attached hydrogens (tertiary/aromatic N) is 4. The van der Waals surface area contributed by atoms with Crippen molar-refractivity contribution in [3.63, 3.8) is 0 Å². The van der Waals surface area contributed by atoms with Crippen molar-refractivity contribution in [2.24, 2.45) is 11.8 Å². The highest BCUT2D eigenvalue weighted by Gasteiger charge is 2.32. The van der Waals surface area contributed by atoms with E-state index in [1.54, 1.807) is 16.7 Å². The SMILES string of the molecule is O=C(CSc1nnc2c(Cl)cc(Cl)cn12)N1CC[C@H]2CCCC[C@H]2C1. The highest BCUT2D eigenvalue weighted by Crippen LogP contribution is 2.36. The summed E-state index contributed by atoms with van der Waals surface area (Å²) in [7, 11) is 0. The van der Waals surface area contributed by atoms with E-state index in [1.807, 2.05) is 4.90 Å². The van der Waals surface area contributed by atoms with Crippen molar-refractivity contribution in [1.29, 1.82) is 0 Å². The van der Waals surface area contributed by atoms with Crippen LogP contribution in [0.1, 0.15) is 32.1 Å². The number of thioether (sulfide) groups is 1. The molecule has 1 amide bonds. The van der Waals surface area contributed by atoms with Gasteiger partial charge in [0.05, 0.1) is 15.8 Å². The van der Waals surface area contributed by atoms with E-state index in [4.69, 9.17) is 23.2 Å². The standard InChI is InChI=1S/C17H20Cl2N4OS/c18-13-7-14(19)16-20-21-17(23(16)9-13)25-10-15(24)22-6-5-11-3-1-2-4-12(11)8-22/h7,9,11-12H,1-6,8,10H2/t11-,12+/m1/s1. The Kier molecular flexibility index (Phi) is 5.11. The molecule has 0 unspecified atom stereocenters. The van der Waals surface area contributed by atoms with Crippen LogP contribution in [0.3, 0.4) is 0 Å². The molecule has 4 rings (SSSR count). The smallest absolute Gasteiger partial charge is 0.233 e. The lowest BCUT2D eigenvalue weighted by atomic mass is 9.75. The summed E-state index contributed by atoms with van der Waals surface area (Å²) in [6, 6.07) is 1.64. The minimum atomic E-state index is 0.180. The lowest BCUT2D eigenvalue weighted by Crippen LogP contribution is -2.45. The Labute approximate surface area is 161 Å². The fourth-order valence-electron chi connectivity index (χ4n) is 4.05. The summed E-state index contributed by atoms with van der Waals surface area (Å²) >= 11 is 13.6.